The number of nitrogens with two attached hydrogens (primary N) is 1. The van der Waals surface area contributed by atoms with Gasteiger partial charge < -0.3 is 15.4 Å². The van der Waals surface area contributed by atoms with Gasteiger partial charge in [-0.3, -0.25) is 9.48 Å². The molecular formula is C14H22N4O3. The van der Waals surface area contributed by atoms with E-state index in [0.717, 1.165) is 32.4 Å². The number of nitrogens with zero attached hydrogens (tertiary/aromatic N) is 3. The van der Waals surface area contributed by atoms with Crippen molar-refractivity contribution in [3.63, 3.8) is 0 Å². The fraction of sp³-hybridized carbons (Fsp3) is 0.643. The molecule has 0 atom stereocenters. The molecule has 1 saturated heterocycles. The van der Waals surface area contributed by atoms with Crippen molar-refractivity contribution in [3.8, 4) is 0 Å². The highest BCUT2D eigenvalue weighted by Gasteiger charge is 2.23. The number of hydrogen-bond donors (Lipinski definition) is 1. The first-order valence-corrected chi connectivity index (χ1v) is 7.30. The van der Waals surface area contributed by atoms with Gasteiger partial charge in [-0.25, -0.2) is 4.79 Å². The summed E-state index contributed by atoms with van der Waals surface area (Å²) in [5, 5.41) is 4.16. The molecule has 116 valence electrons. The van der Waals surface area contributed by atoms with Gasteiger partial charge in [0.05, 0.1) is 11.4 Å². The van der Waals surface area contributed by atoms with Crippen LogP contribution < -0.4 is 5.73 Å². The number of aromatic nitrogens is 2. The van der Waals surface area contributed by atoms with Gasteiger partial charge in [0.15, 0.2) is 12.3 Å². The molecule has 0 aromatic carbocycles. The molecule has 1 aromatic heterocycles. The van der Waals surface area contributed by atoms with Gasteiger partial charge in [-0.2, -0.15) is 5.10 Å². The summed E-state index contributed by atoms with van der Waals surface area (Å²) in [4.78, 5) is 25.8. The van der Waals surface area contributed by atoms with Crippen molar-refractivity contribution >= 4 is 17.6 Å². The highest BCUT2D eigenvalue weighted by atomic mass is 16.5. The lowest BCUT2D eigenvalue weighted by molar-refractivity contribution is -0.135. The molecule has 0 radical (unpaired) electrons. The molecule has 1 fully saturated rings. The van der Waals surface area contributed by atoms with Crippen molar-refractivity contribution < 1.29 is 14.3 Å². The Hall–Kier alpha value is -2.05. The van der Waals surface area contributed by atoms with Gasteiger partial charge in [0, 0.05) is 20.1 Å². The largest absolute Gasteiger partial charge is 0.451 e. The third kappa shape index (κ3) is 3.34. The van der Waals surface area contributed by atoms with Crippen molar-refractivity contribution in [1.82, 2.24) is 14.7 Å². The molecule has 1 aromatic rings. The fourth-order valence-electron chi connectivity index (χ4n) is 2.53. The standard InChI is InChI=1S/C14H22N4O3/c1-3-10-12(15)13(17(2)16-10)14(20)21-9-11(19)18-7-5-4-6-8-18/h3-9,15H2,1-2H3. The molecule has 1 amide bonds. The molecule has 1 aliphatic heterocycles. The smallest absolute Gasteiger partial charge is 0.359 e. The number of likely N-dealkylation sites (tertiary alicyclic amines) is 1. The number of nitrogen functional groups attached to an aromatic ring is 1. The van der Waals surface area contributed by atoms with Crippen LogP contribution in [0.2, 0.25) is 0 Å². The Morgan fingerprint density at radius 2 is 1.95 bits per heavy atom. The van der Waals surface area contributed by atoms with Crippen molar-refractivity contribution in [1.29, 1.82) is 0 Å². The second-order valence-corrected chi connectivity index (χ2v) is 5.20. The first-order chi connectivity index (χ1) is 10.0. The zero-order valence-electron chi connectivity index (χ0n) is 12.6. The Kier molecular flexibility index (Phi) is 4.82. The molecule has 2 rings (SSSR count). The molecule has 21 heavy (non-hydrogen) atoms. The monoisotopic (exact) mass is 294 g/mol. The van der Waals surface area contributed by atoms with Crippen LogP contribution in [0, 0.1) is 0 Å². The maximum atomic E-state index is 12.1. The Morgan fingerprint density at radius 3 is 2.52 bits per heavy atom. The Morgan fingerprint density at radius 1 is 1.29 bits per heavy atom. The average Bonchev–Trinajstić information content (AvgIpc) is 2.79. The number of carbonyl (C=O) groups excluding carboxylic acids is 2. The van der Waals surface area contributed by atoms with Crippen molar-refractivity contribution in [3.05, 3.63) is 11.4 Å². The summed E-state index contributed by atoms with van der Waals surface area (Å²) in [7, 11) is 1.64. The van der Waals surface area contributed by atoms with Gasteiger partial charge in [-0.05, 0) is 25.7 Å². The fourth-order valence-corrected chi connectivity index (χ4v) is 2.53. The first kappa shape index (κ1) is 15.3. The van der Waals surface area contributed by atoms with E-state index in [9.17, 15) is 9.59 Å². The Labute approximate surface area is 124 Å². The van der Waals surface area contributed by atoms with E-state index in [2.05, 4.69) is 5.10 Å². The summed E-state index contributed by atoms with van der Waals surface area (Å²) in [6.07, 6.45) is 3.80. The molecule has 0 spiro atoms. The number of aryl methyl sites for hydroxylation is 2. The summed E-state index contributed by atoms with van der Waals surface area (Å²) in [6.45, 7) is 3.15. The number of ether oxygens (including phenoxy) is 1. The topological polar surface area (TPSA) is 90.5 Å². The molecule has 0 saturated carbocycles. The molecule has 1 aliphatic rings. The van der Waals surface area contributed by atoms with Crippen LogP contribution in [0.25, 0.3) is 0 Å². The lowest BCUT2D eigenvalue weighted by Gasteiger charge is -2.26. The summed E-state index contributed by atoms with van der Waals surface area (Å²) in [5.74, 6) is -0.757. The number of rotatable bonds is 4. The number of piperidine rings is 1. The van der Waals surface area contributed by atoms with E-state index in [1.165, 1.54) is 4.68 Å². The quantitative estimate of drug-likeness (QED) is 0.827. The number of carbonyl (C=O) groups is 2. The Balaban J connectivity index is 1.95. The van der Waals surface area contributed by atoms with Crippen molar-refractivity contribution in [2.75, 3.05) is 25.4 Å². The molecule has 0 bridgehead atoms. The minimum Gasteiger partial charge on any atom is -0.451 e. The normalized spacial score (nSPS) is 15.0. The number of anilines is 1. The van der Waals surface area contributed by atoms with E-state index in [0.29, 0.717) is 17.8 Å². The predicted molar refractivity (Wildman–Crippen MR) is 77.7 cm³/mol. The number of hydrogen-bond acceptors (Lipinski definition) is 5. The highest BCUT2D eigenvalue weighted by molar-refractivity contribution is 5.95. The van der Waals surface area contributed by atoms with E-state index in [1.807, 2.05) is 6.92 Å². The van der Waals surface area contributed by atoms with Gasteiger partial charge in [-0.15, -0.1) is 0 Å². The SMILES string of the molecule is CCc1nn(C)c(C(=O)OCC(=O)N2CCCCC2)c1N. The van der Waals surface area contributed by atoms with Gasteiger partial charge in [0.25, 0.3) is 5.91 Å². The minimum atomic E-state index is -0.604. The van der Waals surface area contributed by atoms with Gasteiger partial charge in [0.1, 0.15) is 0 Å². The first-order valence-electron chi connectivity index (χ1n) is 7.30. The third-order valence-electron chi connectivity index (χ3n) is 3.72. The number of amides is 1. The molecule has 7 heteroatoms. The second-order valence-electron chi connectivity index (χ2n) is 5.20. The van der Waals surface area contributed by atoms with E-state index in [1.54, 1.807) is 11.9 Å². The van der Waals surface area contributed by atoms with Crippen LogP contribution in [0.4, 0.5) is 5.69 Å². The lowest BCUT2D eigenvalue weighted by Crippen LogP contribution is -2.38. The van der Waals surface area contributed by atoms with E-state index in [4.69, 9.17) is 10.5 Å². The summed E-state index contributed by atoms with van der Waals surface area (Å²) in [6, 6.07) is 0. The molecular weight excluding hydrogens is 272 g/mol. The van der Waals surface area contributed by atoms with Gasteiger partial charge >= 0.3 is 5.97 Å². The maximum Gasteiger partial charge on any atom is 0.359 e. The van der Waals surface area contributed by atoms with Crippen LogP contribution in [0.1, 0.15) is 42.4 Å². The van der Waals surface area contributed by atoms with E-state index < -0.39 is 5.97 Å². The number of esters is 1. The van der Waals surface area contributed by atoms with E-state index in [-0.39, 0.29) is 18.2 Å². The zero-order valence-corrected chi connectivity index (χ0v) is 12.6. The van der Waals surface area contributed by atoms with Crippen molar-refractivity contribution in [2.24, 2.45) is 7.05 Å². The summed E-state index contributed by atoms with van der Waals surface area (Å²) in [5.41, 5.74) is 7.08. The molecule has 0 aliphatic carbocycles. The van der Waals surface area contributed by atoms with Crippen LogP contribution in [0.3, 0.4) is 0 Å². The third-order valence-corrected chi connectivity index (χ3v) is 3.72. The lowest BCUT2D eigenvalue weighted by atomic mass is 10.1. The molecule has 7 nitrogen and oxygen atoms in total. The summed E-state index contributed by atoms with van der Waals surface area (Å²) < 4.78 is 6.50. The van der Waals surface area contributed by atoms with Crippen LogP contribution in [-0.2, 0) is 23.0 Å². The highest BCUT2D eigenvalue weighted by Crippen LogP contribution is 2.18. The zero-order chi connectivity index (χ0) is 15.4. The van der Waals surface area contributed by atoms with Crippen LogP contribution >= 0.6 is 0 Å². The maximum absolute atomic E-state index is 12.1. The Bertz CT molecular complexity index is 533. The van der Waals surface area contributed by atoms with Crippen LogP contribution in [0.5, 0.6) is 0 Å². The minimum absolute atomic E-state index is 0.153. The average molecular weight is 294 g/mol. The second kappa shape index (κ2) is 6.60. The molecule has 2 N–H and O–H groups in total. The van der Waals surface area contributed by atoms with E-state index >= 15 is 0 Å². The van der Waals surface area contributed by atoms with Gasteiger partial charge in [0.2, 0.25) is 0 Å². The van der Waals surface area contributed by atoms with Gasteiger partial charge in [-0.1, -0.05) is 6.92 Å². The molecule has 2 heterocycles. The summed E-state index contributed by atoms with van der Waals surface area (Å²) >= 11 is 0. The van der Waals surface area contributed by atoms with Crippen LogP contribution in [-0.4, -0.2) is 46.3 Å². The van der Waals surface area contributed by atoms with Crippen molar-refractivity contribution in [2.45, 2.75) is 32.6 Å². The predicted octanol–water partition coefficient (Wildman–Crippen LogP) is 0.734. The molecule has 0 unspecified atom stereocenters. The van der Waals surface area contributed by atoms with Crippen LogP contribution in [0.15, 0.2) is 0 Å².